The Morgan fingerprint density at radius 3 is 2.57 bits per heavy atom. The smallest absolute Gasteiger partial charge is 0.256 e. The number of hydrogen-bond acceptors (Lipinski definition) is 5. The summed E-state index contributed by atoms with van der Waals surface area (Å²) in [4.78, 5) is 16.4. The lowest BCUT2D eigenvalue weighted by atomic mass is 10.2. The van der Waals surface area contributed by atoms with Crippen molar-refractivity contribution in [3.63, 3.8) is 0 Å². The van der Waals surface area contributed by atoms with Gasteiger partial charge in [-0.25, -0.2) is 4.39 Å². The molecule has 3 rings (SSSR count). The Labute approximate surface area is 133 Å². The standard InChI is InChI=1S/C16H18FN5O/c1-21-7-9-22(10-8-21)15-6-5-14(19-20-15)18-16(23)12-3-2-4-13(17)11-12/h2-6,11H,7-10H2,1H3,(H,18,19,23). The van der Waals surface area contributed by atoms with Gasteiger partial charge >= 0.3 is 0 Å². The number of nitrogens with one attached hydrogen (secondary N) is 1. The van der Waals surface area contributed by atoms with Gasteiger partial charge in [0.05, 0.1) is 0 Å². The molecule has 120 valence electrons. The number of halogens is 1. The molecule has 0 spiro atoms. The molecule has 0 aliphatic carbocycles. The molecule has 0 radical (unpaired) electrons. The molecular formula is C16H18FN5O. The lowest BCUT2D eigenvalue weighted by Crippen LogP contribution is -2.44. The summed E-state index contributed by atoms with van der Waals surface area (Å²) in [6.07, 6.45) is 0. The third-order valence-corrected chi connectivity index (χ3v) is 3.81. The second kappa shape index (κ2) is 6.70. The van der Waals surface area contributed by atoms with E-state index in [4.69, 9.17) is 0 Å². The van der Waals surface area contributed by atoms with E-state index in [0.717, 1.165) is 32.0 Å². The number of amides is 1. The Bertz CT molecular complexity index is 683. The molecule has 1 aliphatic rings. The van der Waals surface area contributed by atoms with Crippen LogP contribution >= 0.6 is 0 Å². The van der Waals surface area contributed by atoms with Crippen LogP contribution in [0.4, 0.5) is 16.0 Å². The number of nitrogens with zero attached hydrogens (tertiary/aromatic N) is 4. The number of carbonyl (C=O) groups is 1. The second-order valence-electron chi connectivity index (χ2n) is 5.53. The number of carbonyl (C=O) groups excluding carboxylic acids is 1. The van der Waals surface area contributed by atoms with Crippen molar-refractivity contribution in [1.29, 1.82) is 0 Å². The molecule has 0 atom stereocenters. The first-order valence-electron chi connectivity index (χ1n) is 7.46. The van der Waals surface area contributed by atoms with E-state index < -0.39 is 11.7 Å². The predicted octanol–water partition coefficient (Wildman–Crippen LogP) is 1.62. The summed E-state index contributed by atoms with van der Waals surface area (Å²) >= 11 is 0. The summed E-state index contributed by atoms with van der Waals surface area (Å²) in [6.45, 7) is 3.78. The molecule has 1 aliphatic heterocycles. The Morgan fingerprint density at radius 2 is 1.91 bits per heavy atom. The van der Waals surface area contributed by atoms with Gasteiger partial charge in [-0.05, 0) is 37.4 Å². The summed E-state index contributed by atoms with van der Waals surface area (Å²) in [6, 6.07) is 9.05. The lowest BCUT2D eigenvalue weighted by molar-refractivity contribution is 0.102. The first kappa shape index (κ1) is 15.4. The summed E-state index contributed by atoms with van der Waals surface area (Å²) < 4.78 is 13.1. The van der Waals surface area contributed by atoms with Crippen LogP contribution in [0.25, 0.3) is 0 Å². The molecule has 1 saturated heterocycles. The number of rotatable bonds is 3. The third kappa shape index (κ3) is 3.81. The van der Waals surface area contributed by atoms with Gasteiger partial charge in [0.1, 0.15) is 5.82 Å². The molecule has 0 bridgehead atoms. The van der Waals surface area contributed by atoms with Crippen LogP contribution in [0.5, 0.6) is 0 Å². The Hall–Kier alpha value is -2.54. The molecule has 1 fully saturated rings. The van der Waals surface area contributed by atoms with Gasteiger partial charge in [-0.2, -0.15) is 0 Å². The molecule has 1 aromatic heterocycles. The maximum atomic E-state index is 13.1. The van der Waals surface area contributed by atoms with Crippen molar-refractivity contribution in [2.24, 2.45) is 0 Å². The molecule has 2 aromatic rings. The maximum Gasteiger partial charge on any atom is 0.256 e. The second-order valence-corrected chi connectivity index (χ2v) is 5.53. The minimum Gasteiger partial charge on any atom is -0.353 e. The van der Waals surface area contributed by atoms with Crippen LogP contribution in [0.15, 0.2) is 36.4 Å². The first-order valence-corrected chi connectivity index (χ1v) is 7.46. The minimum absolute atomic E-state index is 0.245. The van der Waals surface area contributed by atoms with E-state index in [2.05, 4.69) is 32.4 Å². The normalized spacial score (nSPS) is 15.5. The van der Waals surface area contributed by atoms with Gasteiger partial charge in [0, 0.05) is 31.7 Å². The van der Waals surface area contributed by atoms with Crippen LogP contribution in [0.1, 0.15) is 10.4 Å². The Morgan fingerprint density at radius 1 is 1.13 bits per heavy atom. The summed E-state index contributed by atoms with van der Waals surface area (Å²) in [5.74, 6) is 0.277. The van der Waals surface area contributed by atoms with E-state index in [1.807, 2.05) is 6.07 Å². The molecule has 0 saturated carbocycles. The van der Waals surface area contributed by atoms with Crippen molar-refractivity contribution < 1.29 is 9.18 Å². The van der Waals surface area contributed by atoms with Gasteiger partial charge in [0.15, 0.2) is 11.6 Å². The van der Waals surface area contributed by atoms with Crippen LogP contribution in [-0.2, 0) is 0 Å². The fourth-order valence-electron chi connectivity index (χ4n) is 2.41. The van der Waals surface area contributed by atoms with E-state index in [1.54, 1.807) is 12.1 Å². The highest BCUT2D eigenvalue weighted by Crippen LogP contribution is 2.14. The van der Waals surface area contributed by atoms with Gasteiger partial charge in [-0.1, -0.05) is 6.07 Å². The summed E-state index contributed by atoms with van der Waals surface area (Å²) in [7, 11) is 2.09. The SMILES string of the molecule is CN1CCN(c2ccc(NC(=O)c3cccc(F)c3)nn2)CC1. The number of hydrogen-bond donors (Lipinski definition) is 1. The zero-order chi connectivity index (χ0) is 16.2. The average molecular weight is 315 g/mol. The number of anilines is 2. The molecule has 1 aromatic carbocycles. The van der Waals surface area contributed by atoms with Crippen LogP contribution in [0.3, 0.4) is 0 Å². The van der Waals surface area contributed by atoms with Crippen molar-refractivity contribution in [3.8, 4) is 0 Å². The molecule has 7 heteroatoms. The van der Waals surface area contributed by atoms with Gasteiger partial charge in [-0.3, -0.25) is 4.79 Å². The van der Waals surface area contributed by atoms with Crippen LogP contribution in [0, 0.1) is 5.82 Å². The fraction of sp³-hybridized carbons (Fsp3) is 0.312. The van der Waals surface area contributed by atoms with Gasteiger partial charge in [-0.15, -0.1) is 10.2 Å². The van der Waals surface area contributed by atoms with E-state index in [-0.39, 0.29) is 5.56 Å². The van der Waals surface area contributed by atoms with Crippen LogP contribution in [-0.4, -0.2) is 54.2 Å². The molecule has 0 unspecified atom stereocenters. The van der Waals surface area contributed by atoms with Gasteiger partial charge in [0.2, 0.25) is 0 Å². The maximum absolute atomic E-state index is 13.1. The van der Waals surface area contributed by atoms with Crippen molar-refractivity contribution in [1.82, 2.24) is 15.1 Å². The molecule has 23 heavy (non-hydrogen) atoms. The first-order chi connectivity index (χ1) is 11.1. The van der Waals surface area contributed by atoms with Gasteiger partial charge in [0.25, 0.3) is 5.91 Å². The van der Waals surface area contributed by atoms with Crippen LogP contribution in [0.2, 0.25) is 0 Å². The van der Waals surface area contributed by atoms with Crippen molar-refractivity contribution in [2.75, 3.05) is 43.4 Å². The van der Waals surface area contributed by atoms with Crippen molar-refractivity contribution in [3.05, 3.63) is 47.8 Å². The lowest BCUT2D eigenvalue weighted by Gasteiger charge is -2.32. The molecule has 6 nitrogen and oxygen atoms in total. The van der Waals surface area contributed by atoms with Crippen molar-refractivity contribution >= 4 is 17.5 Å². The number of piperazine rings is 1. The van der Waals surface area contributed by atoms with E-state index >= 15 is 0 Å². The quantitative estimate of drug-likeness (QED) is 0.932. The van der Waals surface area contributed by atoms with Gasteiger partial charge < -0.3 is 15.1 Å². The van der Waals surface area contributed by atoms with E-state index in [1.165, 1.54) is 18.2 Å². The highest BCUT2D eigenvalue weighted by Gasteiger charge is 2.16. The largest absolute Gasteiger partial charge is 0.353 e. The minimum atomic E-state index is -0.450. The summed E-state index contributed by atoms with van der Waals surface area (Å²) in [5.41, 5.74) is 0.245. The highest BCUT2D eigenvalue weighted by atomic mass is 19.1. The molecule has 2 heterocycles. The van der Waals surface area contributed by atoms with E-state index in [9.17, 15) is 9.18 Å². The topological polar surface area (TPSA) is 61.4 Å². The number of likely N-dealkylation sites (N-methyl/N-ethyl adjacent to an activating group) is 1. The zero-order valence-electron chi connectivity index (χ0n) is 12.9. The number of aromatic nitrogens is 2. The average Bonchev–Trinajstić information content (AvgIpc) is 2.56. The Kier molecular flexibility index (Phi) is 4.47. The zero-order valence-corrected chi connectivity index (χ0v) is 12.9. The molecule has 1 amide bonds. The third-order valence-electron chi connectivity index (χ3n) is 3.81. The highest BCUT2D eigenvalue weighted by molar-refractivity contribution is 6.03. The monoisotopic (exact) mass is 315 g/mol. The van der Waals surface area contributed by atoms with Crippen molar-refractivity contribution in [2.45, 2.75) is 0 Å². The Balaban J connectivity index is 1.64. The van der Waals surface area contributed by atoms with E-state index in [0.29, 0.717) is 5.82 Å². The summed E-state index contributed by atoms with van der Waals surface area (Å²) in [5, 5.41) is 10.8. The number of benzene rings is 1. The molecule has 1 N–H and O–H groups in total. The van der Waals surface area contributed by atoms with Crippen LogP contribution < -0.4 is 10.2 Å². The predicted molar refractivity (Wildman–Crippen MR) is 86.1 cm³/mol. The fourth-order valence-corrected chi connectivity index (χ4v) is 2.41. The molecular weight excluding hydrogens is 297 g/mol.